The average Bonchev–Trinajstić information content (AvgIpc) is 3.02. The maximum atomic E-state index is 11.0. The van der Waals surface area contributed by atoms with E-state index < -0.39 is 0 Å². The largest absolute Gasteiger partial charge is 0.505 e. The molecule has 27 heavy (non-hydrogen) atoms. The Morgan fingerprint density at radius 1 is 1.00 bits per heavy atom. The molecule has 3 N–H and O–H groups in total. The number of aromatic hydroxyl groups is 1. The van der Waals surface area contributed by atoms with E-state index in [1.165, 1.54) is 24.8 Å². The highest BCUT2D eigenvalue weighted by molar-refractivity contribution is 6.31. The van der Waals surface area contributed by atoms with Crippen molar-refractivity contribution in [2.45, 2.75) is 39.0 Å². The molecule has 0 saturated carbocycles. The fourth-order valence-electron chi connectivity index (χ4n) is 3.47. The van der Waals surface area contributed by atoms with Crippen LogP contribution in [0.15, 0.2) is 48.5 Å². The first-order chi connectivity index (χ1) is 13.1. The van der Waals surface area contributed by atoms with Gasteiger partial charge in [-0.15, -0.1) is 0 Å². The zero-order chi connectivity index (χ0) is 19.2. The van der Waals surface area contributed by atoms with Gasteiger partial charge in [0.2, 0.25) is 0 Å². The standard InChI is InChI=1S/C23H27ClN2O/c1-3-4-5-7-10-16-13-18(15-19(24)14-16)20-22(27)21(26-23(20)25-2)17-11-8-6-9-12-17/h6,8-9,11-15,25-27H,3-5,7,10H2,1-2H3. The summed E-state index contributed by atoms with van der Waals surface area (Å²) in [5, 5.41) is 14.8. The third kappa shape index (κ3) is 4.48. The van der Waals surface area contributed by atoms with Gasteiger partial charge in [0.05, 0.1) is 11.3 Å². The molecule has 3 nitrogen and oxygen atoms in total. The third-order valence-electron chi connectivity index (χ3n) is 4.85. The van der Waals surface area contributed by atoms with Gasteiger partial charge < -0.3 is 15.4 Å². The lowest BCUT2D eigenvalue weighted by molar-refractivity contribution is 0.480. The van der Waals surface area contributed by atoms with E-state index >= 15 is 0 Å². The van der Waals surface area contributed by atoms with E-state index in [4.69, 9.17) is 11.6 Å². The minimum Gasteiger partial charge on any atom is -0.505 e. The first-order valence-corrected chi connectivity index (χ1v) is 9.99. The predicted octanol–water partition coefficient (Wildman–Crippen LogP) is 6.87. The van der Waals surface area contributed by atoms with Crippen LogP contribution in [-0.4, -0.2) is 17.1 Å². The van der Waals surface area contributed by atoms with Crippen molar-refractivity contribution in [2.75, 3.05) is 12.4 Å². The number of benzene rings is 2. The van der Waals surface area contributed by atoms with Gasteiger partial charge in [0.25, 0.3) is 0 Å². The number of aryl methyl sites for hydroxylation is 1. The molecule has 3 aromatic rings. The first-order valence-electron chi connectivity index (χ1n) is 9.62. The smallest absolute Gasteiger partial charge is 0.151 e. The summed E-state index contributed by atoms with van der Waals surface area (Å²) in [6, 6.07) is 15.9. The molecule has 0 unspecified atom stereocenters. The number of aromatic nitrogens is 1. The highest BCUT2D eigenvalue weighted by atomic mass is 35.5. The highest BCUT2D eigenvalue weighted by Gasteiger charge is 2.19. The van der Waals surface area contributed by atoms with Gasteiger partial charge in [0.1, 0.15) is 5.82 Å². The summed E-state index contributed by atoms with van der Waals surface area (Å²) in [5.74, 6) is 1.02. The van der Waals surface area contributed by atoms with E-state index in [-0.39, 0.29) is 5.75 Å². The van der Waals surface area contributed by atoms with E-state index in [0.29, 0.717) is 10.7 Å². The van der Waals surface area contributed by atoms with Crippen LogP contribution < -0.4 is 5.32 Å². The summed E-state index contributed by atoms with van der Waals surface area (Å²) in [5.41, 5.74) is 4.54. The molecule has 0 bridgehead atoms. The Labute approximate surface area is 166 Å². The number of unbranched alkanes of at least 4 members (excludes halogenated alkanes) is 3. The maximum absolute atomic E-state index is 11.0. The molecule has 4 heteroatoms. The molecule has 142 valence electrons. The second-order valence-electron chi connectivity index (χ2n) is 6.87. The van der Waals surface area contributed by atoms with Gasteiger partial charge in [-0.05, 0) is 36.1 Å². The number of nitrogens with one attached hydrogen (secondary N) is 2. The molecule has 0 fully saturated rings. The number of aromatic amines is 1. The van der Waals surface area contributed by atoms with Crippen molar-refractivity contribution in [3.8, 4) is 28.1 Å². The molecule has 3 rings (SSSR count). The van der Waals surface area contributed by atoms with Crippen LogP contribution in [0.4, 0.5) is 5.82 Å². The molecule has 0 saturated heterocycles. The molecular weight excluding hydrogens is 356 g/mol. The van der Waals surface area contributed by atoms with Crippen LogP contribution in [0.5, 0.6) is 5.75 Å². The van der Waals surface area contributed by atoms with Crippen LogP contribution >= 0.6 is 11.6 Å². The van der Waals surface area contributed by atoms with Crippen molar-refractivity contribution in [3.63, 3.8) is 0 Å². The maximum Gasteiger partial charge on any atom is 0.151 e. The Balaban J connectivity index is 1.98. The van der Waals surface area contributed by atoms with Crippen LogP contribution in [0.3, 0.4) is 0 Å². The number of H-pyrrole nitrogens is 1. The quantitative estimate of drug-likeness (QED) is 0.372. The van der Waals surface area contributed by atoms with Gasteiger partial charge in [-0.25, -0.2) is 0 Å². The fraction of sp³-hybridized carbons (Fsp3) is 0.304. The normalized spacial score (nSPS) is 10.9. The fourth-order valence-corrected chi connectivity index (χ4v) is 3.73. The molecule has 0 aliphatic carbocycles. The van der Waals surface area contributed by atoms with Crippen molar-refractivity contribution in [2.24, 2.45) is 0 Å². The van der Waals surface area contributed by atoms with Crippen LogP contribution in [0.25, 0.3) is 22.4 Å². The molecule has 1 heterocycles. The monoisotopic (exact) mass is 382 g/mol. The van der Waals surface area contributed by atoms with Crippen molar-refractivity contribution >= 4 is 17.4 Å². The zero-order valence-electron chi connectivity index (χ0n) is 16.0. The van der Waals surface area contributed by atoms with Crippen LogP contribution in [0.1, 0.15) is 38.2 Å². The molecular formula is C23H27ClN2O. The van der Waals surface area contributed by atoms with E-state index in [1.54, 1.807) is 0 Å². The lowest BCUT2D eigenvalue weighted by atomic mass is 9.99. The van der Waals surface area contributed by atoms with Gasteiger partial charge >= 0.3 is 0 Å². The molecule has 0 aliphatic rings. The minimum atomic E-state index is 0.241. The lowest BCUT2D eigenvalue weighted by Gasteiger charge is -2.09. The van der Waals surface area contributed by atoms with Gasteiger partial charge in [-0.3, -0.25) is 0 Å². The van der Waals surface area contributed by atoms with Crippen molar-refractivity contribution < 1.29 is 5.11 Å². The Morgan fingerprint density at radius 3 is 2.48 bits per heavy atom. The number of rotatable bonds is 8. The Morgan fingerprint density at radius 2 is 1.78 bits per heavy atom. The molecule has 0 amide bonds. The van der Waals surface area contributed by atoms with E-state index in [9.17, 15) is 5.11 Å². The van der Waals surface area contributed by atoms with Crippen molar-refractivity contribution in [1.29, 1.82) is 0 Å². The number of halogens is 1. The molecule has 1 aromatic heterocycles. The summed E-state index contributed by atoms with van der Waals surface area (Å²) < 4.78 is 0. The number of hydrogen-bond acceptors (Lipinski definition) is 2. The summed E-state index contributed by atoms with van der Waals surface area (Å²) in [7, 11) is 1.85. The Kier molecular flexibility index (Phi) is 6.46. The molecule has 0 atom stereocenters. The first kappa shape index (κ1) is 19.4. The molecule has 0 spiro atoms. The van der Waals surface area contributed by atoms with E-state index in [0.717, 1.165) is 35.3 Å². The van der Waals surface area contributed by atoms with Gasteiger partial charge in [-0.1, -0.05) is 74.2 Å². The van der Waals surface area contributed by atoms with E-state index in [2.05, 4.69) is 23.3 Å². The second-order valence-corrected chi connectivity index (χ2v) is 7.31. The van der Waals surface area contributed by atoms with Crippen LogP contribution in [0.2, 0.25) is 5.02 Å². The lowest BCUT2D eigenvalue weighted by Crippen LogP contribution is -1.92. The summed E-state index contributed by atoms with van der Waals surface area (Å²) in [6.07, 6.45) is 5.87. The minimum absolute atomic E-state index is 0.241. The number of hydrogen-bond donors (Lipinski definition) is 3. The number of anilines is 1. The van der Waals surface area contributed by atoms with Crippen LogP contribution in [-0.2, 0) is 6.42 Å². The molecule has 2 aromatic carbocycles. The third-order valence-corrected chi connectivity index (χ3v) is 5.07. The molecule has 0 aliphatic heterocycles. The van der Waals surface area contributed by atoms with Crippen molar-refractivity contribution in [3.05, 3.63) is 59.1 Å². The predicted molar refractivity (Wildman–Crippen MR) is 116 cm³/mol. The van der Waals surface area contributed by atoms with E-state index in [1.807, 2.05) is 49.5 Å². The average molecular weight is 383 g/mol. The SMILES string of the molecule is CCCCCCc1cc(Cl)cc(-c2c(NC)[nH]c(-c3ccccc3)c2O)c1. The Hall–Kier alpha value is -2.39. The second kappa shape index (κ2) is 9.01. The summed E-state index contributed by atoms with van der Waals surface area (Å²) in [6.45, 7) is 2.22. The Bertz CT molecular complexity index is 887. The summed E-state index contributed by atoms with van der Waals surface area (Å²) in [4.78, 5) is 3.31. The van der Waals surface area contributed by atoms with Crippen LogP contribution in [0, 0.1) is 0 Å². The zero-order valence-corrected chi connectivity index (χ0v) is 16.7. The van der Waals surface area contributed by atoms with Gasteiger partial charge in [0, 0.05) is 17.6 Å². The van der Waals surface area contributed by atoms with Gasteiger partial charge in [0.15, 0.2) is 5.75 Å². The summed E-state index contributed by atoms with van der Waals surface area (Å²) >= 11 is 6.40. The molecule has 0 radical (unpaired) electrons. The topological polar surface area (TPSA) is 48.0 Å². The van der Waals surface area contributed by atoms with Gasteiger partial charge in [-0.2, -0.15) is 0 Å². The highest BCUT2D eigenvalue weighted by Crippen LogP contribution is 2.44. The van der Waals surface area contributed by atoms with Crippen molar-refractivity contribution in [1.82, 2.24) is 4.98 Å².